The monoisotopic (exact) mass is 765 g/mol. The van der Waals surface area contributed by atoms with Gasteiger partial charge < -0.3 is 9.30 Å². The third-order valence-corrected chi connectivity index (χ3v) is 15.6. The number of aromatic nitrogens is 1. The highest BCUT2D eigenvalue weighted by atomic mass is 32.1. The summed E-state index contributed by atoms with van der Waals surface area (Å²) in [6.07, 6.45) is 28.5. The minimum Gasteiger partial charge on any atom is -0.377 e. The molecule has 0 bridgehead atoms. The average Bonchev–Trinajstić information content (AvgIpc) is 3.94. The molecule has 0 fully saturated rings. The van der Waals surface area contributed by atoms with Crippen molar-refractivity contribution in [3.63, 3.8) is 0 Å². The van der Waals surface area contributed by atoms with E-state index in [2.05, 4.69) is 63.5 Å². The summed E-state index contributed by atoms with van der Waals surface area (Å²) in [6.45, 7) is 14.1. The Morgan fingerprint density at radius 3 is 1.65 bits per heavy atom. The zero-order valence-electron chi connectivity index (χ0n) is 32.8. The Morgan fingerprint density at radius 1 is 0.510 bits per heavy atom. The molecule has 0 spiro atoms. The van der Waals surface area contributed by atoms with Crippen LogP contribution in [0.4, 0.5) is 0 Å². The van der Waals surface area contributed by atoms with Crippen LogP contribution in [0.2, 0.25) is 0 Å². The first-order chi connectivity index (χ1) is 25.0. The molecular weight excluding hydrogens is 699 g/mol. The summed E-state index contributed by atoms with van der Waals surface area (Å²) in [6, 6.07) is 9.85. The van der Waals surface area contributed by atoms with E-state index in [0.717, 1.165) is 19.6 Å². The molecule has 0 aliphatic rings. The number of fused-ring (bicyclic) bond motifs is 3. The molecule has 6 heteroatoms. The predicted molar refractivity (Wildman–Crippen MR) is 234 cm³/mol. The number of hydrogen-bond donors (Lipinski definition) is 0. The van der Waals surface area contributed by atoms with E-state index in [-0.39, 0.29) is 0 Å². The van der Waals surface area contributed by atoms with Gasteiger partial charge in [0.1, 0.15) is 0 Å². The highest BCUT2D eigenvalue weighted by molar-refractivity contribution is 7.31. The first-order valence-corrected chi connectivity index (χ1v) is 24.1. The Bertz CT molecular complexity index is 1710. The van der Waals surface area contributed by atoms with Gasteiger partial charge in [-0.05, 0) is 68.5 Å². The molecule has 5 aromatic heterocycles. The van der Waals surface area contributed by atoms with E-state index in [9.17, 15) is 0 Å². The predicted octanol–water partition coefficient (Wildman–Crippen LogP) is 16.9. The Morgan fingerprint density at radius 2 is 1.04 bits per heavy atom. The van der Waals surface area contributed by atoms with E-state index >= 15 is 0 Å². The fraction of sp³-hybridized carbons (Fsp3) is 0.644. The molecule has 2 nitrogen and oxygen atoms in total. The maximum atomic E-state index is 6.44. The number of thiophene rings is 4. The van der Waals surface area contributed by atoms with Crippen molar-refractivity contribution in [2.75, 3.05) is 6.61 Å². The second-order valence-electron chi connectivity index (χ2n) is 15.0. The zero-order valence-corrected chi connectivity index (χ0v) is 36.0. The first-order valence-electron chi connectivity index (χ1n) is 20.9. The molecule has 0 amide bonds. The lowest BCUT2D eigenvalue weighted by Gasteiger charge is -2.07. The quantitative estimate of drug-likeness (QED) is 0.0486. The maximum absolute atomic E-state index is 6.44. The Hall–Kier alpha value is -1.44. The molecule has 0 saturated carbocycles. The SMILES string of the molecule is CCCCCCCCCCCCOCc1cc(-c2cc(CC)c(C)s2)sc1-c1cc2c(s1)c1sc(C)cc1n2CCCCCCCCCCCC. The minimum absolute atomic E-state index is 0.711. The second kappa shape index (κ2) is 22.1. The van der Waals surface area contributed by atoms with E-state index in [0.29, 0.717) is 6.61 Å². The number of unbranched alkanes of at least 4 members (excludes halogenated alkanes) is 18. The smallest absolute Gasteiger partial charge is 0.0731 e. The van der Waals surface area contributed by atoms with Crippen molar-refractivity contribution < 1.29 is 4.74 Å². The Labute approximate surface area is 327 Å². The van der Waals surface area contributed by atoms with Crippen LogP contribution in [0.15, 0.2) is 24.3 Å². The average molecular weight is 766 g/mol. The van der Waals surface area contributed by atoms with Gasteiger partial charge in [0.25, 0.3) is 0 Å². The lowest BCUT2D eigenvalue weighted by Crippen LogP contribution is -1.97. The van der Waals surface area contributed by atoms with Crippen molar-refractivity contribution >= 4 is 65.8 Å². The van der Waals surface area contributed by atoms with Crippen molar-refractivity contribution in [2.45, 2.75) is 183 Å². The summed E-state index contributed by atoms with van der Waals surface area (Å²) in [5.41, 5.74) is 5.76. The topological polar surface area (TPSA) is 14.2 Å². The van der Waals surface area contributed by atoms with E-state index in [4.69, 9.17) is 4.74 Å². The van der Waals surface area contributed by atoms with Gasteiger partial charge in [-0.15, -0.1) is 45.3 Å². The summed E-state index contributed by atoms with van der Waals surface area (Å²) < 4.78 is 12.1. The lowest BCUT2D eigenvalue weighted by molar-refractivity contribution is 0.117. The van der Waals surface area contributed by atoms with Crippen molar-refractivity contribution in [3.8, 4) is 19.5 Å². The highest BCUT2D eigenvalue weighted by Gasteiger charge is 2.21. The molecule has 282 valence electrons. The Kier molecular flexibility index (Phi) is 17.6. The third kappa shape index (κ3) is 11.8. The van der Waals surface area contributed by atoms with Crippen LogP contribution < -0.4 is 0 Å². The molecule has 51 heavy (non-hydrogen) atoms. The van der Waals surface area contributed by atoms with Gasteiger partial charge in [0.2, 0.25) is 0 Å². The van der Waals surface area contributed by atoms with E-state index < -0.39 is 0 Å². The molecule has 0 aliphatic heterocycles. The molecule has 0 aliphatic carbocycles. The lowest BCUT2D eigenvalue weighted by atomic mass is 10.1. The Balaban J connectivity index is 1.24. The molecule has 0 saturated heterocycles. The van der Waals surface area contributed by atoms with Crippen molar-refractivity contribution in [2.24, 2.45) is 0 Å². The summed E-state index contributed by atoms with van der Waals surface area (Å²) in [4.78, 5) is 8.54. The van der Waals surface area contributed by atoms with Crippen LogP contribution in [0.5, 0.6) is 0 Å². The molecule has 5 rings (SSSR count). The highest BCUT2D eigenvalue weighted by Crippen LogP contribution is 2.48. The van der Waals surface area contributed by atoms with Gasteiger partial charge in [-0.3, -0.25) is 0 Å². The summed E-state index contributed by atoms with van der Waals surface area (Å²) in [5.74, 6) is 0. The van der Waals surface area contributed by atoms with Gasteiger partial charge in [-0.2, -0.15) is 0 Å². The maximum Gasteiger partial charge on any atom is 0.0731 e. The normalized spacial score (nSPS) is 12.0. The van der Waals surface area contributed by atoms with Crippen LogP contribution in [-0.4, -0.2) is 11.2 Å². The van der Waals surface area contributed by atoms with Crippen LogP contribution in [0, 0.1) is 13.8 Å². The van der Waals surface area contributed by atoms with Crippen LogP contribution in [0.1, 0.15) is 170 Å². The van der Waals surface area contributed by atoms with Crippen molar-refractivity contribution in [1.82, 2.24) is 4.57 Å². The summed E-state index contributed by atoms with van der Waals surface area (Å²) >= 11 is 7.95. The largest absolute Gasteiger partial charge is 0.377 e. The van der Waals surface area contributed by atoms with E-state index in [1.165, 1.54) is 189 Å². The first kappa shape index (κ1) is 40.7. The molecular formula is C45H67NOS4. The molecule has 5 heterocycles. The molecule has 0 N–H and O–H groups in total. The fourth-order valence-corrected chi connectivity index (χ4v) is 12.4. The molecule has 0 atom stereocenters. The number of rotatable bonds is 27. The van der Waals surface area contributed by atoms with Gasteiger partial charge in [0.15, 0.2) is 0 Å². The van der Waals surface area contributed by atoms with Gasteiger partial charge in [-0.1, -0.05) is 136 Å². The van der Waals surface area contributed by atoms with E-state index in [1.54, 1.807) is 0 Å². The van der Waals surface area contributed by atoms with Crippen LogP contribution in [0.25, 0.3) is 39.9 Å². The van der Waals surface area contributed by atoms with Crippen LogP contribution >= 0.6 is 45.3 Å². The van der Waals surface area contributed by atoms with Gasteiger partial charge in [-0.25, -0.2) is 0 Å². The van der Waals surface area contributed by atoms with E-state index in [1.807, 2.05) is 45.3 Å². The number of hydrogen-bond acceptors (Lipinski definition) is 5. The van der Waals surface area contributed by atoms with Crippen LogP contribution in [-0.2, 0) is 24.3 Å². The molecule has 0 unspecified atom stereocenters. The van der Waals surface area contributed by atoms with Gasteiger partial charge >= 0.3 is 0 Å². The van der Waals surface area contributed by atoms with Gasteiger partial charge in [0.05, 0.1) is 31.9 Å². The zero-order chi connectivity index (χ0) is 35.8. The number of nitrogens with zero attached hydrogens (tertiary/aromatic N) is 1. The van der Waals surface area contributed by atoms with Crippen LogP contribution in [0.3, 0.4) is 0 Å². The third-order valence-electron chi connectivity index (χ3n) is 10.6. The second-order valence-corrected chi connectivity index (χ2v) is 19.6. The van der Waals surface area contributed by atoms with Crippen molar-refractivity contribution in [3.05, 3.63) is 45.1 Å². The molecule has 0 aromatic carbocycles. The minimum atomic E-state index is 0.711. The molecule has 5 aromatic rings. The fourth-order valence-electron chi connectivity index (χ4n) is 7.58. The summed E-state index contributed by atoms with van der Waals surface area (Å²) in [5, 5.41) is 0. The number of ether oxygens (including phenoxy) is 1. The summed E-state index contributed by atoms with van der Waals surface area (Å²) in [7, 11) is 0. The number of aryl methyl sites for hydroxylation is 4. The van der Waals surface area contributed by atoms with Crippen molar-refractivity contribution in [1.29, 1.82) is 0 Å². The van der Waals surface area contributed by atoms with Gasteiger partial charge in [0, 0.05) is 37.5 Å². The molecule has 0 radical (unpaired) electrons. The standard InChI is InChI=1S/C45H67NOS4/c1-6-9-11-13-15-17-19-21-23-25-27-46-38-29-34(4)48-44(38)45-39(46)32-42(51-45)43-37(31-41(50-43)40-30-36(8-3)35(5)49-40)33-47-28-26-24-22-20-18-16-14-12-10-7-2/h29-32H,6-28,33H2,1-5H3.